The van der Waals surface area contributed by atoms with Crippen LogP contribution < -0.4 is 11.1 Å². The first-order chi connectivity index (χ1) is 9.25. The molecule has 106 valence electrons. The Morgan fingerprint density at radius 2 is 1.95 bits per heavy atom. The van der Waals surface area contributed by atoms with E-state index < -0.39 is 27.8 Å². The fourth-order valence-corrected chi connectivity index (χ4v) is 2.40. The molecular formula is C11H9Cl2N3O4. The average molecular weight is 318 g/mol. The van der Waals surface area contributed by atoms with E-state index in [1.54, 1.807) is 13.8 Å². The topological polar surface area (TPSA) is 98.0 Å². The number of hydrogen-bond acceptors (Lipinski definition) is 4. The third kappa shape index (κ3) is 2.08. The first-order valence-electron chi connectivity index (χ1n) is 5.56. The van der Waals surface area contributed by atoms with E-state index in [2.05, 4.69) is 4.98 Å². The monoisotopic (exact) mass is 317 g/mol. The molecule has 0 bridgehead atoms. The molecule has 1 aromatic heterocycles. The lowest BCUT2D eigenvalue weighted by Crippen LogP contribution is -2.37. The van der Waals surface area contributed by atoms with E-state index in [1.165, 1.54) is 6.07 Å². The summed E-state index contributed by atoms with van der Waals surface area (Å²) in [5.74, 6) is 0. The number of nitro groups is 1. The standard InChI is InChI=1S/C11H9Cl2N3O4/c1-4(2)15-8-6(14-10(17)11(15)18)3-5(12)7(13)9(8)16(19)20/h3-4H,1-2H3,(H,14,17). The second-order valence-electron chi connectivity index (χ2n) is 4.40. The zero-order valence-electron chi connectivity index (χ0n) is 10.4. The summed E-state index contributed by atoms with van der Waals surface area (Å²) >= 11 is 11.7. The van der Waals surface area contributed by atoms with Gasteiger partial charge in [-0.15, -0.1) is 0 Å². The minimum atomic E-state index is -0.881. The molecule has 0 atom stereocenters. The van der Waals surface area contributed by atoms with E-state index in [4.69, 9.17) is 23.2 Å². The second kappa shape index (κ2) is 4.92. The Labute approximate surface area is 121 Å². The smallest absolute Gasteiger partial charge is 0.316 e. The van der Waals surface area contributed by atoms with Crippen LogP contribution in [0.3, 0.4) is 0 Å². The van der Waals surface area contributed by atoms with Crippen molar-refractivity contribution in [3.05, 3.63) is 46.9 Å². The Balaban J connectivity index is 3.21. The van der Waals surface area contributed by atoms with Gasteiger partial charge in [-0.25, -0.2) is 0 Å². The van der Waals surface area contributed by atoms with Gasteiger partial charge in [0.15, 0.2) is 0 Å². The molecule has 0 aliphatic heterocycles. The van der Waals surface area contributed by atoms with Gasteiger partial charge in [0.25, 0.3) is 0 Å². The molecule has 0 fully saturated rings. The highest BCUT2D eigenvalue weighted by Crippen LogP contribution is 2.37. The summed E-state index contributed by atoms with van der Waals surface area (Å²) in [7, 11) is 0. The number of hydrogen-bond donors (Lipinski definition) is 1. The molecule has 0 radical (unpaired) electrons. The minimum absolute atomic E-state index is 0.0519. The van der Waals surface area contributed by atoms with Crippen LogP contribution >= 0.6 is 23.2 Å². The molecule has 20 heavy (non-hydrogen) atoms. The van der Waals surface area contributed by atoms with Crippen LogP contribution in [0.15, 0.2) is 15.7 Å². The lowest BCUT2D eigenvalue weighted by atomic mass is 10.2. The number of aromatic nitrogens is 2. The Morgan fingerprint density at radius 3 is 2.45 bits per heavy atom. The Bertz CT molecular complexity index is 838. The number of halogens is 2. The number of H-pyrrole nitrogens is 1. The summed E-state index contributed by atoms with van der Waals surface area (Å²) in [5.41, 5.74) is -2.22. The van der Waals surface area contributed by atoms with Gasteiger partial charge in [-0.2, -0.15) is 0 Å². The second-order valence-corrected chi connectivity index (χ2v) is 5.18. The fourth-order valence-electron chi connectivity index (χ4n) is 1.99. The Kier molecular flexibility index (Phi) is 3.58. The quantitative estimate of drug-likeness (QED) is 0.522. The summed E-state index contributed by atoms with van der Waals surface area (Å²) < 4.78 is 1.04. The highest BCUT2D eigenvalue weighted by Gasteiger charge is 2.26. The SMILES string of the molecule is CC(C)n1c(=O)c(=O)[nH]c2cc(Cl)c(Cl)c([N+](=O)[O-])c21. The highest BCUT2D eigenvalue weighted by atomic mass is 35.5. The van der Waals surface area contributed by atoms with Gasteiger partial charge in [0, 0.05) is 6.04 Å². The Hall–Kier alpha value is -1.86. The van der Waals surface area contributed by atoms with Crippen molar-refractivity contribution in [3.8, 4) is 0 Å². The number of nitrogens with one attached hydrogen (secondary N) is 1. The lowest BCUT2D eigenvalue weighted by molar-refractivity contribution is -0.383. The number of nitro benzene ring substituents is 1. The van der Waals surface area contributed by atoms with E-state index in [0.717, 1.165) is 4.57 Å². The van der Waals surface area contributed by atoms with Gasteiger partial charge in [-0.3, -0.25) is 24.3 Å². The molecule has 0 amide bonds. The van der Waals surface area contributed by atoms with Crippen molar-refractivity contribution in [3.63, 3.8) is 0 Å². The van der Waals surface area contributed by atoms with Gasteiger partial charge in [0.05, 0.1) is 15.5 Å². The maximum absolute atomic E-state index is 11.9. The molecule has 1 N–H and O–H groups in total. The van der Waals surface area contributed by atoms with Crippen LogP contribution in [0.2, 0.25) is 10.0 Å². The summed E-state index contributed by atoms with van der Waals surface area (Å²) in [5, 5.41) is 10.9. The number of rotatable bonds is 2. The molecule has 0 saturated carbocycles. The van der Waals surface area contributed by atoms with Gasteiger partial charge in [0.2, 0.25) is 0 Å². The fraction of sp³-hybridized carbons (Fsp3) is 0.273. The van der Waals surface area contributed by atoms with Crippen LogP contribution in [0.1, 0.15) is 19.9 Å². The van der Waals surface area contributed by atoms with Crippen LogP contribution in [0, 0.1) is 10.1 Å². The first kappa shape index (κ1) is 14.5. The van der Waals surface area contributed by atoms with Crippen LogP contribution in [-0.2, 0) is 0 Å². The van der Waals surface area contributed by atoms with Gasteiger partial charge < -0.3 is 4.98 Å². The maximum Gasteiger partial charge on any atom is 0.317 e. The van der Waals surface area contributed by atoms with Crippen LogP contribution in [0.5, 0.6) is 0 Å². The van der Waals surface area contributed by atoms with Gasteiger partial charge in [0.1, 0.15) is 10.5 Å². The van der Waals surface area contributed by atoms with Crippen molar-refractivity contribution in [2.45, 2.75) is 19.9 Å². The third-order valence-electron chi connectivity index (χ3n) is 2.77. The molecule has 7 nitrogen and oxygen atoms in total. The van der Waals surface area contributed by atoms with Crippen molar-refractivity contribution < 1.29 is 4.92 Å². The van der Waals surface area contributed by atoms with Crippen LogP contribution in [-0.4, -0.2) is 14.5 Å². The normalized spacial score (nSPS) is 11.2. The van der Waals surface area contributed by atoms with E-state index in [9.17, 15) is 19.7 Å². The van der Waals surface area contributed by atoms with E-state index >= 15 is 0 Å². The molecule has 0 aliphatic carbocycles. The summed E-state index contributed by atoms with van der Waals surface area (Å²) in [6, 6.07) is 0.828. The maximum atomic E-state index is 11.9. The van der Waals surface area contributed by atoms with Crippen LogP contribution in [0.25, 0.3) is 11.0 Å². The molecule has 0 spiro atoms. The van der Waals surface area contributed by atoms with Gasteiger partial charge in [-0.05, 0) is 19.9 Å². The molecule has 2 aromatic rings. The predicted octanol–water partition coefficient (Wildman–Crippen LogP) is 2.49. The van der Waals surface area contributed by atoms with Crippen LogP contribution in [0.4, 0.5) is 5.69 Å². The van der Waals surface area contributed by atoms with Gasteiger partial charge in [-0.1, -0.05) is 23.2 Å². The Morgan fingerprint density at radius 1 is 1.35 bits per heavy atom. The molecule has 0 aliphatic rings. The third-order valence-corrected chi connectivity index (χ3v) is 3.55. The average Bonchev–Trinajstić information content (AvgIpc) is 2.32. The van der Waals surface area contributed by atoms with E-state index in [0.29, 0.717) is 0 Å². The molecule has 0 unspecified atom stereocenters. The van der Waals surface area contributed by atoms with Crippen molar-refractivity contribution in [1.29, 1.82) is 0 Å². The number of aromatic amines is 1. The van der Waals surface area contributed by atoms with E-state index in [1.807, 2.05) is 0 Å². The molecule has 1 heterocycles. The van der Waals surface area contributed by atoms with Crippen molar-refractivity contribution >= 4 is 39.9 Å². The summed E-state index contributed by atoms with van der Waals surface area (Å²) in [6.45, 7) is 3.26. The van der Waals surface area contributed by atoms with Crippen molar-refractivity contribution in [2.24, 2.45) is 0 Å². The largest absolute Gasteiger partial charge is 0.317 e. The van der Waals surface area contributed by atoms with E-state index in [-0.39, 0.29) is 21.1 Å². The summed E-state index contributed by atoms with van der Waals surface area (Å²) in [6.07, 6.45) is 0. The molecule has 1 aromatic carbocycles. The molecule has 2 rings (SSSR count). The molecule has 0 saturated heterocycles. The van der Waals surface area contributed by atoms with Gasteiger partial charge >= 0.3 is 16.8 Å². The molecule has 9 heteroatoms. The van der Waals surface area contributed by atoms with Crippen molar-refractivity contribution in [1.82, 2.24) is 9.55 Å². The molecular weight excluding hydrogens is 309 g/mol. The summed E-state index contributed by atoms with van der Waals surface area (Å²) in [4.78, 5) is 36.3. The lowest BCUT2D eigenvalue weighted by Gasteiger charge is -2.14. The first-order valence-corrected chi connectivity index (χ1v) is 6.32. The van der Waals surface area contributed by atoms with Crippen molar-refractivity contribution in [2.75, 3.05) is 0 Å². The zero-order valence-corrected chi connectivity index (χ0v) is 11.9. The number of nitrogens with zero attached hydrogens (tertiary/aromatic N) is 2. The predicted molar refractivity (Wildman–Crippen MR) is 75.9 cm³/mol. The number of benzene rings is 1. The zero-order chi connectivity index (χ0) is 15.2. The minimum Gasteiger partial charge on any atom is -0.316 e. The number of fused-ring (bicyclic) bond motifs is 1. The highest BCUT2D eigenvalue weighted by molar-refractivity contribution is 6.44.